The van der Waals surface area contributed by atoms with E-state index in [1.54, 1.807) is 11.9 Å². The first-order valence-electron chi connectivity index (χ1n) is 9.06. The lowest BCUT2D eigenvalue weighted by Crippen LogP contribution is -2.58. The number of likely N-dealkylation sites (N-methyl/N-ethyl adjacent to an activating group) is 1. The maximum atomic E-state index is 11.6. The molecule has 0 aromatic carbocycles. The van der Waals surface area contributed by atoms with Gasteiger partial charge in [-0.3, -0.25) is 4.99 Å². The van der Waals surface area contributed by atoms with Crippen molar-refractivity contribution in [2.75, 3.05) is 61.1 Å². The molecule has 0 saturated carbocycles. The molecule has 0 aromatic rings. The summed E-state index contributed by atoms with van der Waals surface area (Å²) in [7, 11) is 7.48. The molecule has 2 aliphatic rings. The van der Waals surface area contributed by atoms with E-state index < -0.39 is 0 Å². The van der Waals surface area contributed by atoms with E-state index in [1.165, 1.54) is 7.11 Å². The Morgan fingerprint density at radius 3 is 2.48 bits per heavy atom. The molecule has 144 valence electrons. The smallest absolute Gasteiger partial charge is 0.409 e. The summed E-state index contributed by atoms with van der Waals surface area (Å²) in [6.07, 6.45) is 3.57. The molecule has 2 fully saturated rings. The van der Waals surface area contributed by atoms with Crippen molar-refractivity contribution in [1.82, 2.24) is 20.4 Å². The second-order valence-corrected chi connectivity index (χ2v) is 7.03. The zero-order valence-corrected chi connectivity index (χ0v) is 16.0. The number of aliphatic imine (C=N–C) groups is 1. The Balaban J connectivity index is 1.82. The van der Waals surface area contributed by atoms with Gasteiger partial charge in [0.1, 0.15) is 0 Å². The maximum absolute atomic E-state index is 11.6. The topological polar surface area (TPSA) is 78.4 Å². The van der Waals surface area contributed by atoms with E-state index >= 15 is 0 Å². The van der Waals surface area contributed by atoms with Crippen molar-refractivity contribution >= 4 is 12.1 Å². The van der Waals surface area contributed by atoms with Gasteiger partial charge >= 0.3 is 6.09 Å². The van der Waals surface area contributed by atoms with Gasteiger partial charge in [-0.25, -0.2) is 4.79 Å². The van der Waals surface area contributed by atoms with Crippen LogP contribution < -0.4 is 10.6 Å². The highest BCUT2D eigenvalue weighted by Crippen LogP contribution is 2.25. The lowest BCUT2D eigenvalue weighted by atomic mass is 9.88. The van der Waals surface area contributed by atoms with Gasteiger partial charge in [-0.1, -0.05) is 0 Å². The second kappa shape index (κ2) is 9.24. The van der Waals surface area contributed by atoms with Crippen molar-refractivity contribution in [1.29, 1.82) is 0 Å². The Kier molecular flexibility index (Phi) is 7.31. The average molecular weight is 355 g/mol. The van der Waals surface area contributed by atoms with Crippen LogP contribution in [-0.2, 0) is 9.47 Å². The minimum Gasteiger partial charge on any atom is -0.453 e. The second-order valence-electron chi connectivity index (χ2n) is 7.03. The van der Waals surface area contributed by atoms with Crippen LogP contribution in [0.2, 0.25) is 0 Å². The van der Waals surface area contributed by atoms with Gasteiger partial charge in [0, 0.05) is 51.5 Å². The van der Waals surface area contributed by atoms with Crippen molar-refractivity contribution < 1.29 is 14.3 Å². The Hall–Kier alpha value is -1.54. The molecule has 2 aliphatic heterocycles. The molecule has 0 bridgehead atoms. The number of ether oxygens (including phenoxy) is 2. The van der Waals surface area contributed by atoms with E-state index in [1.807, 2.05) is 0 Å². The largest absolute Gasteiger partial charge is 0.453 e. The summed E-state index contributed by atoms with van der Waals surface area (Å²) in [5.74, 6) is 0.823. The van der Waals surface area contributed by atoms with Crippen LogP contribution in [0.1, 0.15) is 25.7 Å². The lowest BCUT2D eigenvalue weighted by molar-refractivity contribution is -0.00504. The van der Waals surface area contributed by atoms with Gasteiger partial charge in [0.15, 0.2) is 5.96 Å². The first-order chi connectivity index (χ1) is 12.0. The number of carbonyl (C=O) groups excluding carboxylic acids is 1. The summed E-state index contributed by atoms with van der Waals surface area (Å²) in [4.78, 5) is 20.0. The minimum absolute atomic E-state index is 0.101. The molecule has 0 radical (unpaired) electrons. The molecule has 0 atom stereocenters. The summed E-state index contributed by atoms with van der Waals surface area (Å²) < 4.78 is 10.3. The van der Waals surface area contributed by atoms with Crippen molar-refractivity contribution in [3.8, 4) is 0 Å². The molecule has 2 rings (SSSR count). The number of hydrogen-bond acceptors (Lipinski definition) is 5. The Bertz CT molecular complexity index is 455. The number of carbonyl (C=O) groups is 1. The third kappa shape index (κ3) is 5.22. The van der Waals surface area contributed by atoms with Crippen LogP contribution in [0.4, 0.5) is 4.79 Å². The number of nitrogens with zero attached hydrogens (tertiary/aromatic N) is 3. The highest BCUT2D eigenvalue weighted by Gasteiger charge is 2.35. The van der Waals surface area contributed by atoms with Crippen LogP contribution in [0.3, 0.4) is 0 Å². The third-order valence-corrected chi connectivity index (χ3v) is 5.45. The van der Waals surface area contributed by atoms with Gasteiger partial charge in [0.05, 0.1) is 7.11 Å². The molecule has 2 heterocycles. The van der Waals surface area contributed by atoms with Crippen LogP contribution in [0, 0.1) is 0 Å². The molecule has 8 nitrogen and oxygen atoms in total. The summed E-state index contributed by atoms with van der Waals surface area (Å²) in [6, 6.07) is 0.317. The SMILES string of the molecule is CN=C(NCC1(N(C)C)CCOCC1)NC1CCN(C(=O)OC)CC1. The lowest BCUT2D eigenvalue weighted by Gasteiger charge is -2.43. The monoisotopic (exact) mass is 355 g/mol. The van der Waals surface area contributed by atoms with E-state index in [0.717, 1.165) is 51.4 Å². The van der Waals surface area contributed by atoms with Crippen molar-refractivity contribution in [3.63, 3.8) is 0 Å². The number of hydrogen-bond donors (Lipinski definition) is 2. The van der Waals surface area contributed by atoms with Crippen LogP contribution >= 0.6 is 0 Å². The summed E-state index contributed by atoms with van der Waals surface area (Å²) >= 11 is 0. The first-order valence-corrected chi connectivity index (χ1v) is 9.06. The van der Waals surface area contributed by atoms with Gasteiger partial charge in [-0.2, -0.15) is 0 Å². The maximum Gasteiger partial charge on any atom is 0.409 e. The van der Waals surface area contributed by atoms with Crippen molar-refractivity contribution in [3.05, 3.63) is 0 Å². The molecule has 2 saturated heterocycles. The van der Waals surface area contributed by atoms with Crippen LogP contribution in [0.15, 0.2) is 4.99 Å². The fourth-order valence-electron chi connectivity index (χ4n) is 3.51. The number of nitrogens with one attached hydrogen (secondary N) is 2. The van der Waals surface area contributed by atoms with Gasteiger partial charge < -0.3 is 29.9 Å². The van der Waals surface area contributed by atoms with Crippen LogP contribution in [0.5, 0.6) is 0 Å². The first kappa shape index (κ1) is 19.8. The fourth-order valence-corrected chi connectivity index (χ4v) is 3.51. The highest BCUT2D eigenvalue weighted by molar-refractivity contribution is 5.80. The molecule has 0 unspecified atom stereocenters. The average Bonchev–Trinajstić information content (AvgIpc) is 2.65. The number of amides is 1. The standard InChI is InChI=1S/C17H33N5O3/c1-18-15(19-13-17(21(2)3)7-11-25-12-8-17)20-14-5-9-22(10-6-14)16(23)24-4/h14H,5-13H2,1-4H3,(H2,18,19,20). The van der Waals surface area contributed by atoms with Gasteiger partial charge in [-0.15, -0.1) is 0 Å². The number of guanidine groups is 1. The fraction of sp³-hybridized carbons (Fsp3) is 0.882. The molecule has 8 heteroatoms. The van der Waals surface area contributed by atoms with Crippen molar-refractivity contribution in [2.24, 2.45) is 4.99 Å². The molecular formula is C17H33N5O3. The molecule has 0 aliphatic carbocycles. The summed E-state index contributed by atoms with van der Waals surface area (Å²) in [5.41, 5.74) is 0.101. The number of rotatable bonds is 4. The van der Waals surface area contributed by atoms with Gasteiger partial charge in [0.25, 0.3) is 0 Å². The number of likely N-dealkylation sites (tertiary alicyclic amines) is 1. The van der Waals surface area contributed by atoms with Crippen LogP contribution in [0.25, 0.3) is 0 Å². The van der Waals surface area contributed by atoms with E-state index in [2.05, 4.69) is 34.6 Å². The quantitative estimate of drug-likeness (QED) is 0.565. The summed E-state index contributed by atoms with van der Waals surface area (Å²) in [5, 5.41) is 6.98. The molecular weight excluding hydrogens is 322 g/mol. The number of methoxy groups -OCH3 is 1. The van der Waals surface area contributed by atoms with E-state index in [4.69, 9.17) is 9.47 Å². The molecule has 0 spiro atoms. The van der Waals surface area contributed by atoms with Gasteiger partial charge in [0.2, 0.25) is 0 Å². The predicted molar refractivity (Wildman–Crippen MR) is 98.0 cm³/mol. The minimum atomic E-state index is -0.242. The Morgan fingerprint density at radius 2 is 1.96 bits per heavy atom. The molecule has 25 heavy (non-hydrogen) atoms. The predicted octanol–water partition coefficient (Wildman–Crippen LogP) is 0.493. The van der Waals surface area contributed by atoms with Crippen LogP contribution in [-0.4, -0.2) is 94.5 Å². The third-order valence-electron chi connectivity index (χ3n) is 5.45. The summed E-state index contributed by atoms with van der Waals surface area (Å²) in [6.45, 7) is 3.86. The molecule has 0 aromatic heterocycles. The Morgan fingerprint density at radius 1 is 1.32 bits per heavy atom. The zero-order chi connectivity index (χ0) is 18.3. The normalized spacial score (nSPS) is 22.0. The highest BCUT2D eigenvalue weighted by atomic mass is 16.5. The van der Waals surface area contributed by atoms with E-state index in [9.17, 15) is 4.79 Å². The van der Waals surface area contributed by atoms with Crippen molar-refractivity contribution in [2.45, 2.75) is 37.3 Å². The zero-order valence-electron chi connectivity index (χ0n) is 16.0. The number of piperidine rings is 1. The Labute approximate surface area is 150 Å². The van der Waals surface area contributed by atoms with E-state index in [0.29, 0.717) is 19.1 Å². The molecule has 2 N–H and O–H groups in total. The van der Waals surface area contributed by atoms with E-state index in [-0.39, 0.29) is 11.6 Å². The van der Waals surface area contributed by atoms with Gasteiger partial charge in [-0.05, 0) is 39.8 Å². The molecule has 1 amide bonds.